The smallest absolute Gasteiger partial charge is 0.237 e. The van der Waals surface area contributed by atoms with Crippen molar-refractivity contribution >= 4 is 11.6 Å². The fourth-order valence-corrected chi connectivity index (χ4v) is 4.84. The molecule has 0 saturated carbocycles. The average Bonchev–Trinajstić information content (AvgIpc) is 3.29. The minimum atomic E-state index is 0.0470. The maximum absolute atomic E-state index is 13.3. The summed E-state index contributed by atoms with van der Waals surface area (Å²) in [6.07, 6.45) is 1.97. The van der Waals surface area contributed by atoms with Gasteiger partial charge in [-0.15, -0.1) is 0 Å². The second kappa shape index (κ2) is 9.60. The zero-order valence-corrected chi connectivity index (χ0v) is 18.8. The lowest BCUT2D eigenvalue weighted by atomic mass is 10.0. The lowest BCUT2D eigenvalue weighted by Gasteiger charge is -2.37. The molecule has 0 N–H and O–H groups in total. The third-order valence-electron chi connectivity index (χ3n) is 6.56. The molecule has 0 aromatic heterocycles. The minimum Gasteiger partial charge on any atom is -0.497 e. The Balaban J connectivity index is 1.39. The molecule has 6 heteroatoms. The highest BCUT2D eigenvalue weighted by atomic mass is 16.5. The quantitative estimate of drug-likeness (QED) is 0.712. The van der Waals surface area contributed by atoms with Gasteiger partial charge in [0.15, 0.2) is 0 Å². The van der Waals surface area contributed by atoms with Crippen LogP contribution in [0.15, 0.2) is 42.5 Å². The largest absolute Gasteiger partial charge is 0.497 e. The van der Waals surface area contributed by atoms with Crippen LogP contribution in [0.2, 0.25) is 0 Å². The number of hydrogen-bond acceptors (Lipinski definition) is 5. The van der Waals surface area contributed by atoms with Crippen LogP contribution in [0, 0.1) is 6.92 Å². The summed E-state index contributed by atoms with van der Waals surface area (Å²) in [5, 5.41) is 0. The van der Waals surface area contributed by atoms with Gasteiger partial charge >= 0.3 is 0 Å². The molecule has 6 nitrogen and oxygen atoms in total. The second-order valence-electron chi connectivity index (χ2n) is 8.40. The van der Waals surface area contributed by atoms with Crippen molar-refractivity contribution in [3.63, 3.8) is 0 Å². The number of ether oxygens (including phenoxy) is 2. The number of para-hydroxylation sites is 1. The molecule has 2 saturated heterocycles. The predicted molar refractivity (Wildman–Crippen MR) is 123 cm³/mol. The van der Waals surface area contributed by atoms with Crippen LogP contribution in [0.3, 0.4) is 0 Å². The first-order valence-electron chi connectivity index (χ1n) is 11.1. The number of carbonyl (C=O) groups is 1. The number of anilines is 1. The first-order chi connectivity index (χ1) is 15.1. The summed E-state index contributed by atoms with van der Waals surface area (Å²) < 4.78 is 11.0. The van der Waals surface area contributed by atoms with E-state index in [4.69, 9.17) is 9.47 Å². The second-order valence-corrected chi connectivity index (χ2v) is 8.40. The van der Waals surface area contributed by atoms with E-state index in [0.717, 1.165) is 62.6 Å². The van der Waals surface area contributed by atoms with Gasteiger partial charge in [0.05, 0.1) is 26.8 Å². The highest BCUT2D eigenvalue weighted by Crippen LogP contribution is 2.39. The molecule has 0 radical (unpaired) electrons. The van der Waals surface area contributed by atoms with E-state index >= 15 is 0 Å². The van der Waals surface area contributed by atoms with Gasteiger partial charge < -0.3 is 19.3 Å². The van der Waals surface area contributed by atoms with Gasteiger partial charge in [-0.05, 0) is 49.6 Å². The number of amides is 1. The average molecular weight is 424 g/mol. The van der Waals surface area contributed by atoms with Gasteiger partial charge in [0.2, 0.25) is 5.91 Å². The van der Waals surface area contributed by atoms with Crippen molar-refractivity contribution in [1.29, 1.82) is 0 Å². The fourth-order valence-electron chi connectivity index (χ4n) is 4.84. The van der Waals surface area contributed by atoms with E-state index in [0.29, 0.717) is 6.54 Å². The van der Waals surface area contributed by atoms with E-state index in [1.165, 1.54) is 11.3 Å². The molecule has 2 heterocycles. The van der Waals surface area contributed by atoms with Gasteiger partial charge in [0.25, 0.3) is 0 Å². The number of methoxy groups -OCH3 is 2. The van der Waals surface area contributed by atoms with Crippen LogP contribution in [0.1, 0.15) is 30.0 Å². The maximum atomic E-state index is 13.3. The SMILES string of the molecule is COc1ccc(OC)c([C@H]2CCCN2C(=O)CN2CCN(c3ccccc3C)CC2)c1. The summed E-state index contributed by atoms with van der Waals surface area (Å²) in [7, 11) is 3.35. The summed E-state index contributed by atoms with van der Waals surface area (Å²) in [5.41, 5.74) is 3.65. The molecule has 2 aliphatic rings. The van der Waals surface area contributed by atoms with E-state index in [-0.39, 0.29) is 11.9 Å². The molecule has 2 aromatic rings. The predicted octanol–water partition coefficient (Wildman–Crippen LogP) is 3.50. The Morgan fingerprint density at radius 3 is 2.48 bits per heavy atom. The summed E-state index contributed by atoms with van der Waals surface area (Å²) in [6.45, 7) is 7.14. The Labute approximate surface area is 185 Å². The first-order valence-corrected chi connectivity index (χ1v) is 11.1. The molecular formula is C25H33N3O3. The van der Waals surface area contributed by atoms with Crippen LogP contribution in [0.5, 0.6) is 11.5 Å². The fraction of sp³-hybridized carbons (Fsp3) is 0.480. The Kier molecular flexibility index (Phi) is 6.66. The number of benzene rings is 2. The van der Waals surface area contributed by atoms with E-state index in [1.807, 2.05) is 23.1 Å². The molecule has 4 rings (SSSR count). The van der Waals surface area contributed by atoms with Crippen LogP contribution in [0.4, 0.5) is 5.69 Å². The van der Waals surface area contributed by atoms with E-state index < -0.39 is 0 Å². The van der Waals surface area contributed by atoms with Crippen LogP contribution in [-0.2, 0) is 4.79 Å². The Bertz CT molecular complexity index is 909. The summed E-state index contributed by atoms with van der Waals surface area (Å²) >= 11 is 0. The summed E-state index contributed by atoms with van der Waals surface area (Å²) in [5.74, 6) is 1.82. The molecule has 2 aliphatic heterocycles. The topological polar surface area (TPSA) is 45.3 Å². The molecule has 0 bridgehead atoms. The Hall–Kier alpha value is -2.73. The van der Waals surface area contributed by atoms with Crippen molar-refractivity contribution < 1.29 is 14.3 Å². The van der Waals surface area contributed by atoms with Gasteiger partial charge in [-0.2, -0.15) is 0 Å². The molecule has 166 valence electrons. The molecule has 2 fully saturated rings. The van der Waals surface area contributed by atoms with Gasteiger partial charge in [-0.25, -0.2) is 0 Å². The van der Waals surface area contributed by atoms with Gasteiger partial charge in [-0.3, -0.25) is 9.69 Å². The normalized spacial score (nSPS) is 19.5. The number of hydrogen-bond donors (Lipinski definition) is 0. The molecule has 0 spiro atoms. The molecule has 31 heavy (non-hydrogen) atoms. The van der Waals surface area contributed by atoms with E-state index in [2.05, 4.69) is 41.0 Å². The highest BCUT2D eigenvalue weighted by molar-refractivity contribution is 5.79. The van der Waals surface area contributed by atoms with Crippen LogP contribution in [0.25, 0.3) is 0 Å². The van der Waals surface area contributed by atoms with E-state index in [1.54, 1.807) is 14.2 Å². The standard InChI is InChI=1S/C25H33N3O3/c1-19-7-4-5-8-22(19)27-15-13-26(14-16-27)18-25(29)28-12-6-9-23(28)21-17-20(30-2)10-11-24(21)31-3/h4-5,7-8,10-11,17,23H,6,9,12-16,18H2,1-3H3/t23-/m1/s1. The Morgan fingerprint density at radius 2 is 1.77 bits per heavy atom. The lowest BCUT2D eigenvalue weighted by Crippen LogP contribution is -2.50. The number of carbonyl (C=O) groups excluding carboxylic acids is 1. The number of aryl methyl sites for hydroxylation is 1. The highest BCUT2D eigenvalue weighted by Gasteiger charge is 2.33. The summed E-state index contributed by atoms with van der Waals surface area (Å²) in [6, 6.07) is 14.4. The van der Waals surface area contributed by atoms with Crippen molar-refractivity contribution in [3.8, 4) is 11.5 Å². The third kappa shape index (κ3) is 4.64. The number of likely N-dealkylation sites (tertiary alicyclic amines) is 1. The lowest BCUT2D eigenvalue weighted by molar-refractivity contribution is -0.133. The van der Waals surface area contributed by atoms with Gasteiger partial charge in [0, 0.05) is 44.0 Å². The van der Waals surface area contributed by atoms with Crippen molar-refractivity contribution in [2.24, 2.45) is 0 Å². The third-order valence-corrected chi connectivity index (χ3v) is 6.56. The molecule has 0 aliphatic carbocycles. The zero-order chi connectivity index (χ0) is 21.8. The maximum Gasteiger partial charge on any atom is 0.237 e. The van der Waals surface area contributed by atoms with Crippen molar-refractivity contribution in [2.45, 2.75) is 25.8 Å². The number of piperazine rings is 1. The van der Waals surface area contributed by atoms with Gasteiger partial charge in [0.1, 0.15) is 11.5 Å². The van der Waals surface area contributed by atoms with Gasteiger partial charge in [-0.1, -0.05) is 18.2 Å². The van der Waals surface area contributed by atoms with Crippen LogP contribution in [-0.4, -0.2) is 69.2 Å². The summed E-state index contributed by atoms with van der Waals surface area (Å²) in [4.78, 5) is 20.0. The Morgan fingerprint density at radius 1 is 1.00 bits per heavy atom. The zero-order valence-electron chi connectivity index (χ0n) is 18.8. The number of rotatable bonds is 6. The molecular weight excluding hydrogens is 390 g/mol. The van der Waals surface area contributed by atoms with Crippen molar-refractivity contribution in [1.82, 2.24) is 9.80 Å². The monoisotopic (exact) mass is 423 g/mol. The van der Waals surface area contributed by atoms with E-state index in [9.17, 15) is 4.79 Å². The minimum absolute atomic E-state index is 0.0470. The molecule has 1 atom stereocenters. The van der Waals surface area contributed by atoms with Crippen LogP contribution < -0.4 is 14.4 Å². The van der Waals surface area contributed by atoms with Crippen molar-refractivity contribution in [2.75, 3.05) is 58.4 Å². The molecule has 2 aromatic carbocycles. The first kappa shape index (κ1) is 21.5. The van der Waals surface area contributed by atoms with Crippen LogP contribution >= 0.6 is 0 Å². The molecule has 1 amide bonds. The molecule has 0 unspecified atom stereocenters. The van der Waals surface area contributed by atoms with Crippen molar-refractivity contribution in [3.05, 3.63) is 53.6 Å². The number of nitrogens with zero attached hydrogens (tertiary/aromatic N) is 3.